The summed E-state index contributed by atoms with van der Waals surface area (Å²) in [5, 5.41) is 0.742. The number of carbonyl (C=O) groups excluding carboxylic acids is 2. The van der Waals surface area contributed by atoms with E-state index >= 15 is 0 Å². The molecule has 114 valence electrons. The Labute approximate surface area is 131 Å². The molecular formula is C17H13N2O4+. The third-order valence-electron chi connectivity index (χ3n) is 3.42. The van der Waals surface area contributed by atoms with Crippen LogP contribution < -0.4 is 14.0 Å². The highest BCUT2D eigenvalue weighted by Crippen LogP contribution is 2.29. The van der Waals surface area contributed by atoms with Crippen molar-refractivity contribution in [1.82, 2.24) is 4.98 Å². The first-order valence-corrected chi connectivity index (χ1v) is 6.83. The van der Waals surface area contributed by atoms with Gasteiger partial charge in [-0.1, -0.05) is 12.1 Å². The van der Waals surface area contributed by atoms with Crippen LogP contribution in [-0.4, -0.2) is 17.9 Å². The molecule has 0 saturated carbocycles. The highest BCUT2D eigenvalue weighted by Gasteiger charge is 2.16. The number of hydrogen-bond acceptors (Lipinski definition) is 5. The van der Waals surface area contributed by atoms with E-state index in [1.54, 1.807) is 24.4 Å². The van der Waals surface area contributed by atoms with Gasteiger partial charge in [-0.3, -0.25) is 9.59 Å². The number of hydrogen-bond donors (Lipinski definition) is 0. The molecule has 0 N–H and O–H groups in total. The van der Waals surface area contributed by atoms with Gasteiger partial charge in [0.05, 0.1) is 11.6 Å². The van der Waals surface area contributed by atoms with Crippen molar-refractivity contribution in [1.29, 1.82) is 0 Å². The number of carbonyl (C=O) groups is 2. The Bertz CT molecular complexity index is 893. The summed E-state index contributed by atoms with van der Waals surface area (Å²) in [6.45, 7) is 0.755. The average Bonchev–Trinajstić information content (AvgIpc) is 2.57. The number of pyridine rings is 2. The van der Waals surface area contributed by atoms with Gasteiger partial charge in [-0.15, -0.1) is 0 Å². The second kappa shape index (κ2) is 6.23. The topological polar surface area (TPSA) is 69.4 Å². The molecule has 3 aromatic rings. The standard InChI is InChI=1S/C17H13N2O4/c1-19-7-6-12(22-10-20)8-16(19)15-9-17(23-11-21)13-4-2-3-5-14(13)18-15/h2-11H,1H3/q+1. The van der Waals surface area contributed by atoms with Crippen molar-refractivity contribution in [3.63, 3.8) is 0 Å². The van der Waals surface area contributed by atoms with Gasteiger partial charge in [0, 0.05) is 17.5 Å². The Hall–Kier alpha value is -3.28. The molecule has 0 bridgehead atoms. The molecule has 6 heteroatoms. The highest BCUT2D eigenvalue weighted by atomic mass is 16.5. The number of benzene rings is 1. The second-order valence-corrected chi connectivity index (χ2v) is 4.81. The molecule has 0 unspecified atom stereocenters. The highest BCUT2D eigenvalue weighted by molar-refractivity contribution is 5.88. The van der Waals surface area contributed by atoms with Crippen LogP contribution >= 0.6 is 0 Å². The minimum Gasteiger partial charge on any atom is -0.428 e. The summed E-state index contributed by atoms with van der Waals surface area (Å²) in [6.07, 6.45) is 1.76. The van der Waals surface area contributed by atoms with Gasteiger partial charge in [0.15, 0.2) is 6.20 Å². The van der Waals surface area contributed by atoms with Crippen LogP contribution in [0, 0.1) is 0 Å². The van der Waals surface area contributed by atoms with Crippen LogP contribution in [0.1, 0.15) is 0 Å². The summed E-state index contributed by atoms with van der Waals surface area (Å²) in [6, 6.07) is 12.4. The van der Waals surface area contributed by atoms with Crippen molar-refractivity contribution in [2.24, 2.45) is 7.05 Å². The maximum absolute atomic E-state index is 10.8. The van der Waals surface area contributed by atoms with Crippen LogP contribution in [0.5, 0.6) is 11.5 Å². The summed E-state index contributed by atoms with van der Waals surface area (Å²) >= 11 is 0. The molecule has 0 fully saturated rings. The normalized spacial score (nSPS) is 10.3. The van der Waals surface area contributed by atoms with Gasteiger partial charge < -0.3 is 9.47 Å². The van der Waals surface area contributed by atoms with Crippen molar-refractivity contribution in [3.05, 3.63) is 48.7 Å². The zero-order valence-electron chi connectivity index (χ0n) is 12.3. The summed E-state index contributed by atoms with van der Waals surface area (Å²) in [5.41, 5.74) is 2.01. The molecule has 23 heavy (non-hydrogen) atoms. The largest absolute Gasteiger partial charge is 0.428 e. The van der Waals surface area contributed by atoms with E-state index < -0.39 is 0 Å². The van der Waals surface area contributed by atoms with Crippen molar-refractivity contribution in [3.8, 4) is 22.9 Å². The summed E-state index contributed by atoms with van der Waals surface area (Å²) < 4.78 is 11.8. The monoisotopic (exact) mass is 309 g/mol. The summed E-state index contributed by atoms with van der Waals surface area (Å²) in [7, 11) is 1.84. The molecule has 0 aliphatic heterocycles. The lowest BCUT2D eigenvalue weighted by Gasteiger charge is -2.07. The molecule has 0 amide bonds. The molecule has 3 rings (SSSR count). The van der Waals surface area contributed by atoms with Gasteiger partial charge in [-0.25, -0.2) is 4.98 Å². The van der Waals surface area contributed by atoms with Crippen molar-refractivity contribution >= 4 is 23.8 Å². The predicted molar refractivity (Wildman–Crippen MR) is 81.7 cm³/mol. The Morgan fingerprint density at radius 3 is 2.61 bits per heavy atom. The fourth-order valence-corrected chi connectivity index (χ4v) is 2.36. The van der Waals surface area contributed by atoms with Crippen LogP contribution in [0.25, 0.3) is 22.3 Å². The first kappa shape index (κ1) is 14.6. The zero-order valence-corrected chi connectivity index (χ0v) is 12.3. The first-order chi connectivity index (χ1) is 11.2. The van der Waals surface area contributed by atoms with E-state index in [2.05, 4.69) is 4.98 Å². The average molecular weight is 309 g/mol. The van der Waals surface area contributed by atoms with Crippen LogP contribution in [0.3, 0.4) is 0 Å². The van der Waals surface area contributed by atoms with Crippen molar-refractivity contribution in [2.75, 3.05) is 0 Å². The third-order valence-corrected chi connectivity index (χ3v) is 3.42. The summed E-state index contributed by atoms with van der Waals surface area (Å²) in [5.74, 6) is 0.822. The molecule has 0 saturated heterocycles. The number of ether oxygens (including phenoxy) is 2. The van der Waals surface area contributed by atoms with Crippen LogP contribution in [0.15, 0.2) is 48.7 Å². The minimum atomic E-state index is 0.369. The molecule has 6 nitrogen and oxygen atoms in total. The minimum absolute atomic E-state index is 0.369. The lowest BCUT2D eigenvalue weighted by Crippen LogP contribution is -2.30. The lowest BCUT2D eigenvalue weighted by atomic mass is 10.1. The van der Waals surface area contributed by atoms with Crippen molar-refractivity contribution < 1.29 is 23.6 Å². The maximum atomic E-state index is 10.8. The summed E-state index contributed by atoms with van der Waals surface area (Å²) in [4.78, 5) is 25.9. The van der Waals surface area contributed by atoms with Gasteiger partial charge in [0.2, 0.25) is 5.69 Å². The molecular weight excluding hydrogens is 296 g/mol. The van der Waals surface area contributed by atoms with E-state index in [0.717, 1.165) is 5.39 Å². The Morgan fingerprint density at radius 1 is 1.04 bits per heavy atom. The quantitative estimate of drug-likeness (QED) is 0.531. The number of nitrogens with zero attached hydrogens (tertiary/aromatic N) is 2. The molecule has 2 aromatic heterocycles. The Kier molecular flexibility index (Phi) is 3.97. The third kappa shape index (κ3) is 2.87. The van der Waals surface area contributed by atoms with E-state index in [1.165, 1.54) is 0 Å². The zero-order chi connectivity index (χ0) is 16.2. The van der Waals surface area contributed by atoms with Gasteiger partial charge in [0.25, 0.3) is 12.9 Å². The van der Waals surface area contributed by atoms with Gasteiger partial charge in [0.1, 0.15) is 24.2 Å². The molecule has 0 aliphatic carbocycles. The van der Waals surface area contributed by atoms with Crippen LogP contribution in [-0.2, 0) is 16.6 Å². The second-order valence-electron chi connectivity index (χ2n) is 4.81. The van der Waals surface area contributed by atoms with E-state index in [0.29, 0.717) is 41.3 Å². The van der Waals surface area contributed by atoms with Crippen LogP contribution in [0.4, 0.5) is 0 Å². The van der Waals surface area contributed by atoms with Gasteiger partial charge in [-0.2, -0.15) is 4.57 Å². The molecule has 0 aliphatic rings. The maximum Gasteiger partial charge on any atom is 0.298 e. The van der Waals surface area contributed by atoms with Gasteiger partial charge in [-0.05, 0) is 12.1 Å². The number of fused-ring (bicyclic) bond motifs is 1. The SMILES string of the molecule is C[n+]1ccc(OC=O)cc1-c1cc(OC=O)c2ccccc2n1. The predicted octanol–water partition coefficient (Wildman–Crippen LogP) is 1.80. The Morgan fingerprint density at radius 2 is 1.83 bits per heavy atom. The van der Waals surface area contributed by atoms with Gasteiger partial charge >= 0.3 is 0 Å². The van der Waals surface area contributed by atoms with E-state index in [1.807, 2.05) is 35.9 Å². The molecule has 2 heterocycles. The fraction of sp³-hybridized carbons (Fsp3) is 0.0588. The fourth-order valence-electron chi connectivity index (χ4n) is 2.36. The smallest absolute Gasteiger partial charge is 0.298 e. The van der Waals surface area contributed by atoms with E-state index in [-0.39, 0.29) is 0 Å². The number of rotatable bonds is 5. The molecule has 0 spiro atoms. The van der Waals surface area contributed by atoms with Crippen LogP contribution in [0.2, 0.25) is 0 Å². The molecule has 1 aromatic carbocycles. The van der Waals surface area contributed by atoms with Crippen molar-refractivity contribution in [2.45, 2.75) is 0 Å². The first-order valence-electron chi connectivity index (χ1n) is 6.83. The van der Waals surface area contributed by atoms with E-state index in [4.69, 9.17) is 9.47 Å². The molecule has 0 radical (unpaired) electrons. The lowest BCUT2D eigenvalue weighted by molar-refractivity contribution is -0.660. The number of aromatic nitrogens is 2. The number of aryl methyl sites for hydroxylation is 1. The Balaban J connectivity index is 2.21. The number of para-hydroxylation sites is 1. The molecule has 0 atom stereocenters. The van der Waals surface area contributed by atoms with E-state index in [9.17, 15) is 9.59 Å².